The second kappa shape index (κ2) is 10.3. The smallest absolute Gasteiger partial charge is 0.326 e. The largest absolute Gasteiger partial charge is 0.508 e. The van der Waals surface area contributed by atoms with Gasteiger partial charge in [0.1, 0.15) is 17.8 Å². The molecule has 8 nitrogen and oxygen atoms in total. The molecule has 0 heterocycles. The van der Waals surface area contributed by atoms with Crippen molar-refractivity contribution in [2.45, 2.75) is 44.7 Å². The summed E-state index contributed by atoms with van der Waals surface area (Å²) < 4.78 is 0. The van der Waals surface area contributed by atoms with Crippen LogP contribution in [0.25, 0.3) is 0 Å². The summed E-state index contributed by atoms with van der Waals surface area (Å²) in [5.41, 5.74) is 6.08. The standard InChI is InChI=1S/C17H25N3O5/c1-11(21)19-14(4-2-3-9-18)16(23)20-15(17(24)25)10-12-5-7-13(22)8-6-12/h5-8,14-15,22H,2-4,9-10,18H2,1H3,(H,19,21)(H,20,23)(H,24,25)/t14-,15-/m0/s1. The van der Waals surface area contributed by atoms with Crippen molar-refractivity contribution in [1.29, 1.82) is 0 Å². The number of phenolic OH excluding ortho intramolecular Hbond substituents is 1. The van der Waals surface area contributed by atoms with Crippen LogP contribution in [0.1, 0.15) is 31.7 Å². The van der Waals surface area contributed by atoms with Gasteiger partial charge in [-0.3, -0.25) is 9.59 Å². The van der Waals surface area contributed by atoms with Gasteiger partial charge in [0.15, 0.2) is 0 Å². The van der Waals surface area contributed by atoms with E-state index in [1.54, 1.807) is 12.1 Å². The lowest BCUT2D eigenvalue weighted by molar-refractivity contribution is -0.142. The lowest BCUT2D eigenvalue weighted by Crippen LogP contribution is -2.51. The van der Waals surface area contributed by atoms with Crippen LogP contribution in [0.5, 0.6) is 5.75 Å². The molecule has 0 aliphatic carbocycles. The van der Waals surface area contributed by atoms with E-state index >= 15 is 0 Å². The summed E-state index contributed by atoms with van der Waals surface area (Å²) in [6.45, 7) is 1.78. The van der Waals surface area contributed by atoms with Crippen molar-refractivity contribution in [1.82, 2.24) is 10.6 Å². The van der Waals surface area contributed by atoms with Gasteiger partial charge in [0, 0.05) is 13.3 Å². The first-order valence-corrected chi connectivity index (χ1v) is 8.11. The van der Waals surface area contributed by atoms with Gasteiger partial charge in [-0.2, -0.15) is 0 Å². The second-order valence-corrected chi connectivity index (χ2v) is 5.81. The number of amides is 2. The predicted molar refractivity (Wildman–Crippen MR) is 91.9 cm³/mol. The molecule has 0 unspecified atom stereocenters. The molecule has 0 bridgehead atoms. The van der Waals surface area contributed by atoms with E-state index in [1.165, 1.54) is 19.1 Å². The van der Waals surface area contributed by atoms with Crippen molar-refractivity contribution in [2.75, 3.05) is 6.54 Å². The van der Waals surface area contributed by atoms with Crippen molar-refractivity contribution in [3.05, 3.63) is 29.8 Å². The summed E-state index contributed by atoms with van der Waals surface area (Å²) in [6.07, 6.45) is 1.80. The van der Waals surface area contributed by atoms with E-state index < -0.39 is 24.0 Å². The van der Waals surface area contributed by atoms with Crippen LogP contribution in [0.15, 0.2) is 24.3 Å². The number of nitrogens with one attached hydrogen (secondary N) is 2. The Balaban J connectivity index is 2.75. The quantitative estimate of drug-likeness (QED) is 0.380. The number of benzene rings is 1. The molecule has 8 heteroatoms. The van der Waals surface area contributed by atoms with Crippen molar-refractivity contribution in [2.24, 2.45) is 5.73 Å². The lowest BCUT2D eigenvalue weighted by Gasteiger charge is -2.21. The van der Waals surface area contributed by atoms with Gasteiger partial charge in [-0.15, -0.1) is 0 Å². The SMILES string of the molecule is CC(=O)N[C@@H](CCCCN)C(=O)N[C@@H](Cc1ccc(O)cc1)C(=O)O. The zero-order chi connectivity index (χ0) is 18.8. The molecule has 2 amide bonds. The van der Waals surface area contributed by atoms with Crippen LogP contribution >= 0.6 is 0 Å². The molecule has 6 N–H and O–H groups in total. The molecular formula is C17H25N3O5. The minimum Gasteiger partial charge on any atom is -0.508 e. The molecule has 2 atom stereocenters. The highest BCUT2D eigenvalue weighted by Crippen LogP contribution is 2.12. The molecule has 1 aromatic carbocycles. The first-order valence-electron chi connectivity index (χ1n) is 8.11. The van der Waals surface area contributed by atoms with Gasteiger partial charge < -0.3 is 26.6 Å². The third-order valence-corrected chi connectivity index (χ3v) is 3.63. The number of carboxylic acids is 1. The van der Waals surface area contributed by atoms with Crippen LogP contribution in [0.3, 0.4) is 0 Å². The molecular weight excluding hydrogens is 326 g/mol. The average molecular weight is 351 g/mol. The Morgan fingerprint density at radius 2 is 1.72 bits per heavy atom. The molecule has 1 aromatic rings. The average Bonchev–Trinajstić information content (AvgIpc) is 2.55. The highest BCUT2D eigenvalue weighted by atomic mass is 16.4. The summed E-state index contributed by atoms with van der Waals surface area (Å²) in [6, 6.07) is 4.13. The first kappa shape index (κ1) is 20.4. The van der Waals surface area contributed by atoms with Crippen molar-refractivity contribution < 1.29 is 24.6 Å². The van der Waals surface area contributed by atoms with E-state index in [4.69, 9.17) is 5.73 Å². The lowest BCUT2D eigenvalue weighted by atomic mass is 10.0. The first-order chi connectivity index (χ1) is 11.8. The fourth-order valence-corrected chi connectivity index (χ4v) is 2.35. The van der Waals surface area contributed by atoms with Crippen LogP contribution in [0.2, 0.25) is 0 Å². The van der Waals surface area contributed by atoms with Crippen LogP contribution in [-0.2, 0) is 20.8 Å². The fraction of sp³-hybridized carbons (Fsp3) is 0.471. The number of rotatable bonds is 10. The van der Waals surface area contributed by atoms with Gasteiger partial charge in [-0.05, 0) is 43.5 Å². The number of aromatic hydroxyl groups is 1. The molecule has 1 rings (SSSR count). The monoisotopic (exact) mass is 351 g/mol. The Bertz CT molecular complexity index is 588. The molecule has 0 fully saturated rings. The van der Waals surface area contributed by atoms with E-state index in [9.17, 15) is 24.6 Å². The Hall–Kier alpha value is -2.61. The third-order valence-electron chi connectivity index (χ3n) is 3.63. The van der Waals surface area contributed by atoms with Crippen molar-refractivity contribution in [3.8, 4) is 5.75 Å². The number of hydrogen-bond donors (Lipinski definition) is 5. The number of unbranched alkanes of at least 4 members (excludes halogenated alkanes) is 1. The maximum Gasteiger partial charge on any atom is 0.326 e. The fourth-order valence-electron chi connectivity index (χ4n) is 2.35. The molecule has 138 valence electrons. The van der Waals surface area contributed by atoms with Gasteiger partial charge in [-0.25, -0.2) is 4.79 Å². The van der Waals surface area contributed by atoms with E-state index in [0.29, 0.717) is 31.4 Å². The molecule has 0 saturated carbocycles. The molecule has 0 aliphatic heterocycles. The molecule has 25 heavy (non-hydrogen) atoms. The normalized spacial score (nSPS) is 12.9. The van der Waals surface area contributed by atoms with Gasteiger partial charge in [0.05, 0.1) is 0 Å². The van der Waals surface area contributed by atoms with Gasteiger partial charge in [0.2, 0.25) is 11.8 Å². The number of nitrogens with two attached hydrogens (primary N) is 1. The topological polar surface area (TPSA) is 142 Å². The van der Waals surface area contributed by atoms with E-state index in [2.05, 4.69) is 10.6 Å². The number of hydrogen-bond acceptors (Lipinski definition) is 5. The van der Waals surface area contributed by atoms with E-state index in [0.717, 1.165) is 0 Å². The third kappa shape index (κ3) is 7.67. The van der Waals surface area contributed by atoms with Gasteiger partial charge >= 0.3 is 5.97 Å². The zero-order valence-electron chi connectivity index (χ0n) is 14.2. The second-order valence-electron chi connectivity index (χ2n) is 5.81. The van der Waals surface area contributed by atoms with Gasteiger partial charge in [0.25, 0.3) is 0 Å². The van der Waals surface area contributed by atoms with E-state index in [1.807, 2.05) is 0 Å². The predicted octanol–water partition coefficient (Wildman–Crippen LogP) is 0.138. The number of carbonyl (C=O) groups is 3. The highest BCUT2D eigenvalue weighted by Gasteiger charge is 2.25. The Kier molecular flexibility index (Phi) is 8.42. The maximum absolute atomic E-state index is 12.4. The van der Waals surface area contributed by atoms with Crippen molar-refractivity contribution in [3.63, 3.8) is 0 Å². The minimum atomic E-state index is -1.18. The van der Waals surface area contributed by atoms with Gasteiger partial charge in [-0.1, -0.05) is 12.1 Å². The van der Waals surface area contributed by atoms with Crippen LogP contribution in [0, 0.1) is 0 Å². The Labute approximate surface area is 146 Å². The number of aliphatic carboxylic acids is 1. The Morgan fingerprint density at radius 3 is 2.24 bits per heavy atom. The molecule has 0 saturated heterocycles. The molecule has 0 aromatic heterocycles. The highest BCUT2D eigenvalue weighted by molar-refractivity contribution is 5.90. The summed E-state index contributed by atoms with van der Waals surface area (Å²) >= 11 is 0. The molecule has 0 aliphatic rings. The summed E-state index contributed by atoms with van der Waals surface area (Å²) in [5, 5.41) is 23.6. The number of phenols is 1. The van der Waals surface area contributed by atoms with E-state index in [-0.39, 0.29) is 18.1 Å². The molecule has 0 radical (unpaired) electrons. The number of carboxylic acid groups (broad SMARTS) is 1. The van der Waals surface area contributed by atoms with Crippen molar-refractivity contribution >= 4 is 17.8 Å². The number of carbonyl (C=O) groups excluding carboxylic acids is 2. The molecule has 0 spiro atoms. The summed E-state index contributed by atoms with van der Waals surface area (Å²) in [7, 11) is 0. The van der Waals surface area contributed by atoms with Crippen LogP contribution in [0.4, 0.5) is 0 Å². The maximum atomic E-state index is 12.4. The zero-order valence-corrected chi connectivity index (χ0v) is 14.2. The minimum absolute atomic E-state index is 0.0664. The Morgan fingerprint density at radius 1 is 1.08 bits per heavy atom. The summed E-state index contributed by atoms with van der Waals surface area (Å²) in [5.74, 6) is -2.01. The van der Waals surface area contributed by atoms with Crippen LogP contribution in [-0.4, -0.2) is 46.6 Å². The summed E-state index contributed by atoms with van der Waals surface area (Å²) in [4.78, 5) is 35.1. The van der Waals surface area contributed by atoms with Crippen LogP contribution < -0.4 is 16.4 Å².